The molecule has 160 valence electrons. The highest BCUT2D eigenvalue weighted by Crippen LogP contribution is 2.36. The number of fused-ring (bicyclic) bond motifs is 2. The van der Waals surface area contributed by atoms with E-state index >= 15 is 0 Å². The van der Waals surface area contributed by atoms with E-state index < -0.39 is 0 Å². The van der Waals surface area contributed by atoms with Gasteiger partial charge in [-0.25, -0.2) is 4.39 Å². The van der Waals surface area contributed by atoms with Crippen molar-refractivity contribution < 1.29 is 18.7 Å². The minimum Gasteiger partial charge on any atom is -0.493 e. The zero-order valence-corrected chi connectivity index (χ0v) is 17.6. The van der Waals surface area contributed by atoms with Crippen molar-refractivity contribution in [3.8, 4) is 11.5 Å². The lowest BCUT2D eigenvalue weighted by Crippen LogP contribution is -2.56. The first-order chi connectivity index (χ1) is 14.6. The van der Waals surface area contributed by atoms with Gasteiger partial charge in [-0.05, 0) is 55.5 Å². The predicted molar refractivity (Wildman–Crippen MR) is 113 cm³/mol. The Morgan fingerprint density at radius 1 is 1.07 bits per heavy atom. The van der Waals surface area contributed by atoms with Gasteiger partial charge in [-0.3, -0.25) is 9.69 Å². The third-order valence-corrected chi connectivity index (χ3v) is 6.39. The van der Waals surface area contributed by atoms with Crippen LogP contribution in [0, 0.1) is 5.82 Å². The van der Waals surface area contributed by atoms with Crippen molar-refractivity contribution in [3.63, 3.8) is 0 Å². The predicted octanol–water partition coefficient (Wildman–Crippen LogP) is 4.16. The summed E-state index contributed by atoms with van der Waals surface area (Å²) in [5.41, 5.74) is 1.63. The Hall–Kier alpha value is -2.60. The van der Waals surface area contributed by atoms with Crippen LogP contribution in [0.1, 0.15) is 48.0 Å². The van der Waals surface area contributed by atoms with Crippen LogP contribution in [0.2, 0.25) is 0 Å². The summed E-state index contributed by atoms with van der Waals surface area (Å²) in [5, 5.41) is 3.23. The number of rotatable bonds is 6. The van der Waals surface area contributed by atoms with Crippen molar-refractivity contribution in [3.05, 3.63) is 59.4 Å². The van der Waals surface area contributed by atoms with E-state index in [9.17, 15) is 9.18 Å². The molecule has 30 heavy (non-hydrogen) atoms. The molecule has 0 aromatic heterocycles. The second kappa shape index (κ2) is 9.04. The van der Waals surface area contributed by atoms with Gasteiger partial charge in [0.15, 0.2) is 11.5 Å². The molecule has 6 heteroatoms. The zero-order chi connectivity index (χ0) is 21.1. The maximum atomic E-state index is 13.2. The van der Waals surface area contributed by atoms with E-state index in [4.69, 9.17) is 9.47 Å². The van der Waals surface area contributed by atoms with Crippen molar-refractivity contribution in [2.24, 2.45) is 0 Å². The van der Waals surface area contributed by atoms with E-state index in [2.05, 4.69) is 10.2 Å². The Labute approximate surface area is 177 Å². The highest BCUT2D eigenvalue weighted by molar-refractivity contribution is 5.98. The number of carbonyl (C=O) groups excluding carboxylic acids is 1. The summed E-state index contributed by atoms with van der Waals surface area (Å²) in [5.74, 6) is 0.691. The Morgan fingerprint density at radius 3 is 2.40 bits per heavy atom. The summed E-state index contributed by atoms with van der Waals surface area (Å²) in [7, 11) is 3.12. The average Bonchev–Trinajstić information content (AvgIpc) is 2.75. The minimum absolute atomic E-state index is 0.124. The van der Waals surface area contributed by atoms with Gasteiger partial charge in [-0.1, -0.05) is 24.6 Å². The Bertz CT molecular complexity index is 873. The molecule has 1 unspecified atom stereocenters. The SMILES string of the molecule is COc1cccc(C(=O)NC2C[C@H]3CCC[C@@H](C2)N3Cc2ccc(F)cc2)c1OC. The summed E-state index contributed by atoms with van der Waals surface area (Å²) in [6.07, 6.45) is 5.34. The van der Waals surface area contributed by atoms with Crippen LogP contribution >= 0.6 is 0 Å². The average molecular weight is 413 g/mol. The van der Waals surface area contributed by atoms with Gasteiger partial charge in [-0.15, -0.1) is 0 Å². The van der Waals surface area contributed by atoms with Gasteiger partial charge in [-0.2, -0.15) is 0 Å². The summed E-state index contributed by atoms with van der Waals surface area (Å²) in [6.45, 7) is 0.833. The maximum absolute atomic E-state index is 13.2. The summed E-state index contributed by atoms with van der Waals surface area (Å²) < 4.78 is 24.0. The van der Waals surface area contributed by atoms with Crippen molar-refractivity contribution in [1.29, 1.82) is 0 Å². The molecular weight excluding hydrogens is 383 g/mol. The van der Waals surface area contributed by atoms with E-state index in [1.54, 1.807) is 32.4 Å². The van der Waals surface area contributed by atoms with E-state index in [0.717, 1.165) is 37.8 Å². The van der Waals surface area contributed by atoms with Gasteiger partial charge in [0, 0.05) is 24.7 Å². The summed E-state index contributed by atoms with van der Waals surface area (Å²) >= 11 is 0. The molecule has 1 amide bonds. The Kier molecular flexibility index (Phi) is 6.23. The fourth-order valence-electron chi connectivity index (χ4n) is 4.98. The number of ether oxygens (including phenoxy) is 2. The van der Waals surface area contributed by atoms with Crippen LogP contribution in [-0.2, 0) is 6.54 Å². The van der Waals surface area contributed by atoms with Crippen LogP contribution in [0.4, 0.5) is 4.39 Å². The number of piperidine rings is 2. The molecule has 0 aliphatic carbocycles. The summed E-state index contributed by atoms with van der Waals surface area (Å²) in [4.78, 5) is 15.5. The zero-order valence-electron chi connectivity index (χ0n) is 17.6. The van der Waals surface area contributed by atoms with Gasteiger partial charge in [0.05, 0.1) is 19.8 Å². The first-order valence-electron chi connectivity index (χ1n) is 10.6. The number of carbonyl (C=O) groups is 1. The standard InChI is InChI=1S/C24H29FN2O3/c1-29-22-8-4-7-21(23(22)30-2)24(28)26-18-13-19-5-3-6-20(14-18)27(19)15-16-9-11-17(25)12-10-16/h4,7-12,18-20H,3,5-6,13-15H2,1-2H3,(H,26,28)/t18?,19-,20+. The molecule has 2 fully saturated rings. The van der Waals surface area contributed by atoms with Crippen LogP contribution in [-0.4, -0.2) is 43.2 Å². The van der Waals surface area contributed by atoms with Crippen molar-refractivity contribution in [2.45, 2.75) is 56.8 Å². The number of hydrogen-bond donors (Lipinski definition) is 1. The molecule has 2 aromatic rings. The second-order valence-corrected chi connectivity index (χ2v) is 8.22. The van der Waals surface area contributed by atoms with Crippen molar-refractivity contribution >= 4 is 5.91 Å². The van der Waals surface area contributed by atoms with E-state index in [0.29, 0.717) is 29.1 Å². The molecule has 0 spiro atoms. The Morgan fingerprint density at radius 2 is 1.77 bits per heavy atom. The van der Waals surface area contributed by atoms with Crippen LogP contribution in [0.15, 0.2) is 42.5 Å². The molecule has 2 aliphatic rings. The monoisotopic (exact) mass is 412 g/mol. The molecule has 2 saturated heterocycles. The number of halogens is 1. The number of amides is 1. The van der Waals surface area contributed by atoms with Gasteiger partial charge in [0.2, 0.25) is 0 Å². The molecule has 5 nitrogen and oxygen atoms in total. The highest BCUT2D eigenvalue weighted by atomic mass is 19.1. The van der Waals surface area contributed by atoms with Gasteiger partial charge in [0.25, 0.3) is 5.91 Å². The van der Waals surface area contributed by atoms with E-state index in [1.807, 2.05) is 12.1 Å². The lowest BCUT2D eigenvalue weighted by atomic mass is 9.81. The normalized spacial score (nSPS) is 23.6. The topological polar surface area (TPSA) is 50.8 Å². The van der Waals surface area contributed by atoms with Gasteiger partial charge < -0.3 is 14.8 Å². The third kappa shape index (κ3) is 4.29. The van der Waals surface area contributed by atoms with E-state index in [-0.39, 0.29) is 17.8 Å². The molecule has 2 aliphatic heterocycles. The highest BCUT2D eigenvalue weighted by Gasteiger charge is 2.38. The lowest BCUT2D eigenvalue weighted by molar-refractivity contribution is 0.0176. The molecule has 3 atom stereocenters. The van der Waals surface area contributed by atoms with Crippen LogP contribution in [0.5, 0.6) is 11.5 Å². The van der Waals surface area contributed by atoms with E-state index in [1.165, 1.54) is 18.6 Å². The molecule has 0 saturated carbocycles. The fourth-order valence-corrected chi connectivity index (χ4v) is 4.98. The number of methoxy groups -OCH3 is 2. The van der Waals surface area contributed by atoms with Crippen LogP contribution < -0.4 is 14.8 Å². The third-order valence-electron chi connectivity index (χ3n) is 6.39. The maximum Gasteiger partial charge on any atom is 0.255 e. The Balaban J connectivity index is 1.44. The molecule has 2 heterocycles. The number of nitrogens with one attached hydrogen (secondary N) is 1. The van der Waals surface area contributed by atoms with Crippen LogP contribution in [0.3, 0.4) is 0 Å². The molecule has 2 aromatic carbocycles. The van der Waals surface area contributed by atoms with Gasteiger partial charge in [0.1, 0.15) is 5.82 Å². The summed E-state index contributed by atoms with van der Waals surface area (Å²) in [6, 6.07) is 13.1. The molecule has 4 rings (SSSR count). The van der Waals surface area contributed by atoms with Crippen molar-refractivity contribution in [2.75, 3.05) is 14.2 Å². The van der Waals surface area contributed by atoms with Crippen molar-refractivity contribution in [1.82, 2.24) is 10.2 Å². The molecule has 1 N–H and O–H groups in total. The number of nitrogens with zero attached hydrogens (tertiary/aromatic N) is 1. The number of para-hydroxylation sites is 1. The first-order valence-corrected chi connectivity index (χ1v) is 10.6. The number of benzene rings is 2. The fraction of sp³-hybridized carbons (Fsp3) is 0.458. The van der Waals surface area contributed by atoms with Gasteiger partial charge >= 0.3 is 0 Å². The molecular formula is C24H29FN2O3. The molecule has 2 bridgehead atoms. The smallest absolute Gasteiger partial charge is 0.255 e. The minimum atomic E-state index is -0.201. The largest absolute Gasteiger partial charge is 0.493 e. The molecule has 0 radical (unpaired) electrons. The lowest BCUT2D eigenvalue weighted by Gasteiger charge is -2.49. The van der Waals surface area contributed by atoms with Crippen LogP contribution in [0.25, 0.3) is 0 Å². The quantitative estimate of drug-likeness (QED) is 0.774. The first kappa shape index (κ1) is 20.7. The number of hydrogen-bond acceptors (Lipinski definition) is 4. The second-order valence-electron chi connectivity index (χ2n) is 8.22.